The third-order valence-electron chi connectivity index (χ3n) is 4.39. The van der Waals surface area contributed by atoms with Gasteiger partial charge in [-0.05, 0) is 56.3 Å². The number of piperidine rings is 1. The Morgan fingerprint density at radius 1 is 1.08 bits per heavy atom. The van der Waals surface area contributed by atoms with Gasteiger partial charge >= 0.3 is 0 Å². The van der Waals surface area contributed by atoms with Gasteiger partial charge in [-0.2, -0.15) is 4.31 Å². The van der Waals surface area contributed by atoms with Crippen molar-refractivity contribution in [3.8, 4) is 11.5 Å². The molecule has 1 N–H and O–H groups in total. The minimum absolute atomic E-state index is 0.280. The predicted molar refractivity (Wildman–Crippen MR) is 98.8 cm³/mol. The fourth-order valence-corrected chi connectivity index (χ4v) is 4.51. The summed E-state index contributed by atoms with van der Waals surface area (Å²) in [6, 6.07) is 14.0. The molecule has 1 aliphatic heterocycles. The lowest BCUT2D eigenvalue weighted by molar-refractivity contribution is 0.298. The summed E-state index contributed by atoms with van der Waals surface area (Å²) in [5.41, 5.74) is 0. The van der Waals surface area contributed by atoms with E-state index in [0.717, 1.165) is 12.8 Å². The molecule has 2 aromatic rings. The monoisotopic (exact) mass is 380 g/mol. The Balaban J connectivity index is 1.72. The minimum atomic E-state index is -3.47. The molecular formula is C18H21ClN2O3S. The van der Waals surface area contributed by atoms with Crippen LogP contribution in [0.2, 0.25) is 5.02 Å². The first-order valence-electron chi connectivity index (χ1n) is 8.20. The van der Waals surface area contributed by atoms with Crippen molar-refractivity contribution in [1.29, 1.82) is 0 Å². The van der Waals surface area contributed by atoms with E-state index < -0.39 is 10.0 Å². The smallest absolute Gasteiger partial charge is 0.243 e. The van der Waals surface area contributed by atoms with Crippen LogP contribution < -0.4 is 10.1 Å². The fraction of sp³-hybridized carbons (Fsp3) is 0.333. The van der Waals surface area contributed by atoms with Crippen molar-refractivity contribution in [2.24, 2.45) is 0 Å². The number of para-hydroxylation sites is 1. The lowest BCUT2D eigenvalue weighted by Crippen LogP contribution is -2.43. The zero-order chi connectivity index (χ0) is 17.9. The third kappa shape index (κ3) is 4.15. The van der Waals surface area contributed by atoms with Gasteiger partial charge < -0.3 is 10.1 Å². The van der Waals surface area contributed by atoms with Crippen LogP contribution in [-0.2, 0) is 10.0 Å². The Hall–Kier alpha value is -1.60. The summed E-state index contributed by atoms with van der Waals surface area (Å²) in [5, 5.41) is 3.71. The fourth-order valence-electron chi connectivity index (χ4n) is 2.87. The first kappa shape index (κ1) is 18.2. The Labute approximate surface area is 153 Å². The molecule has 0 atom stereocenters. The van der Waals surface area contributed by atoms with Gasteiger partial charge in [-0.3, -0.25) is 0 Å². The standard InChI is InChI=1S/C18H21ClN2O3S/c1-20-14-10-12-21(13-11-14)25(22,23)16-8-6-15(7-9-16)24-18-5-3-2-4-17(18)19/h2-9,14,20H,10-13H2,1H3. The highest BCUT2D eigenvalue weighted by atomic mass is 35.5. The van der Waals surface area contributed by atoms with Crippen molar-refractivity contribution >= 4 is 21.6 Å². The van der Waals surface area contributed by atoms with Gasteiger partial charge in [-0.25, -0.2) is 8.42 Å². The largest absolute Gasteiger partial charge is 0.456 e. The van der Waals surface area contributed by atoms with Gasteiger partial charge in [0.1, 0.15) is 11.5 Å². The number of benzene rings is 2. The maximum absolute atomic E-state index is 12.7. The number of hydrogen-bond donors (Lipinski definition) is 1. The number of sulfonamides is 1. The summed E-state index contributed by atoms with van der Waals surface area (Å²) in [7, 11) is -1.56. The molecule has 0 aliphatic carbocycles. The second kappa shape index (κ2) is 7.74. The molecule has 0 saturated carbocycles. The van der Waals surface area contributed by atoms with Crippen LogP contribution in [0, 0.1) is 0 Å². The molecule has 25 heavy (non-hydrogen) atoms. The molecular weight excluding hydrogens is 360 g/mol. The number of nitrogens with one attached hydrogen (secondary N) is 1. The second-order valence-electron chi connectivity index (χ2n) is 5.97. The van der Waals surface area contributed by atoms with Gasteiger partial charge in [-0.15, -0.1) is 0 Å². The lowest BCUT2D eigenvalue weighted by atomic mass is 10.1. The van der Waals surface area contributed by atoms with Crippen molar-refractivity contribution in [3.05, 3.63) is 53.6 Å². The van der Waals surface area contributed by atoms with Crippen molar-refractivity contribution in [3.63, 3.8) is 0 Å². The van der Waals surface area contributed by atoms with Crippen molar-refractivity contribution in [2.75, 3.05) is 20.1 Å². The van der Waals surface area contributed by atoms with E-state index in [4.69, 9.17) is 16.3 Å². The Bertz CT molecular complexity index is 816. The molecule has 1 heterocycles. The van der Waals surface area contributed by atoms with E-state index in [-0.39, 0.29) is 4.90 Å². The van der Waals surface area contributed by atoms with Crippen molar-refractivity contribution in [1.82, 2.24) is 9.62 Å². The number of hydrogen-bond acceptors (Lipinski definition) is 4. The highest BCUT2D eigenvalue weighted by Gasteiger charge is 2.28. The van der Waals surface area contributed by atoms with Crippen molar-refractivity contribution < 1.29 is 13.2 Å². The average molecular weight is 381 g/mol. The summed E-state index contributed by atoms with van der Waals surface area (Å²) in [5.74, 6) is 1.08. The summed E-state index contributed by atoms with van der Waals surface area (Å²) in [6.07, 6.45) is 1.65. The van der Waals surface area contributed by atoms with Gasteiger partial charge in [0, 0.05) is 19.1 Å². The summed E-state index contributed by atoms with van der Waals surface area (Å²) >= 11 is 6.07. The zero-order valence-corrected chi connectivity index (χ0v) is 15.6. The van der Waals surface area contributed by atoms with Crippen LogP contribution in [0.5, 0.6) is 11.5 Å². The molecule has 0 spiro atoms. The lowest BCUT2D eigenvalue weighted by Gasteiger charge is -2.31. The Morgan fingerprint density at radius 3 is 2.32 bits per heavy atom. The van der Waals surface area contributed by atoms with Gasteiger partial charge in [-0.1, -0.05) is 23.7 Å². The highest BCUT2D eigenvalue weighted by Crippen LogP contribution is 2.30. The number of ether oxygens (including phenoxy) is 1. The second-order valence-corrected chi connectivity index (χ2v) is 8.32. The van der Waals surface area contributed by atoms with Crippen LogP contribution in [0.4, 0.5) is 0 Å². The van der Waals surface area contributed by atoms with E-state index in [1.54, 1.807) is 40.7 Å². The van der Waals surface area contributed by atoms with E-state index in [1.807, 2.05) is 19.2 Å². The van der Waals surface area contributed by atoms with Gasteiger partial charge in [0.05, 0.1) is 9.92 Å². The number of nitrogens with zero attached hydrogens (tertiary/aromatic N) is 1. The van der Waals surface area contributed by atoms with Crippen LogP contribution in [0.25, 0.3) is 0 Å². The molecule has 5 nitrogen and oxygen atoms in total. The van der Waals surface area contributed by atoms with Crippen LogP contribution in [-0.4, -0.2) is 38.9 Å². The Kier molecular flexibility index (Phi) is 5.64. The van der Waals surface area contributed by atoms with Crippen LogP contribution in [0.1, 0.15) is 12.8 Å². The Morgan fingerprint density at radius 2 is 1.72 bits per heavy atom. The molecule has 7 heteroatoms. The van der Waals surface area contributed by atoms with Gasteiger partial charge in [0.2, 0.25) is 10.0 Å². The normalized spacial score (nSPS) is 16.7. The van der Waals surface area contributed by atoms with E-state index in [1.165, 1.54) is 0 Å². The predicted octanol–water partition coefficient (Wildman–Crippen LogP) is 3.50. The van der Waals surface area contributed by atoms with E-state index in [2.05, 4.69) is 5.32 Å². The quantitative estimate of drug-likeness (QED) is 0.862. The first-order valence-corrected chi connectivity index (χ1v) is 10.0. The third-order valence-corrected chi connectivity index (χ3v) is 6.61. The average Bonchev–Trinajstić information content (AvgIpc) is 2.64. The maximum Gasteiger partial charge on any atom is 0.243 e. The molecule has 1 saturated heterocycles. The summed E-state index contributed by atoms with van der Waals surface area (Å²) < 4.78 is 32.7. The van der Waals surface area contributed by atoms with Gasteiger partial charge in [0.15, 0.2) is 0 Å². The molecule has 1 fully saturated rings. The number of halogens is 1. The van der Waals surface area contributed by atoms with Crippen molar-refractivity contribution in [2.45, 2.75) is 23.8 Å². The highest BCUT2D eigenvalue weighted by molar-refractivity contribution is 7.89. The van der Waals surface area contributed by atoms with E-state index >= 15 is 0 Å². The molecule has 0 amide bonds. The van der Waals surface area contributed by atoms with E-state index in [9.17, 15) is 8.42 Å². The first-order chi connectivity index (χ1) is 12.0. The SMILES string of the molecule is CNC1CCN(S(=O)(=O)c2ccc(Oc3ccccc3Cl)cc2)CC1. The molecule has 134 valence electrons. The summed E-state index contributed by atoms with van der Waals surface area (Å²) in [4.78, 5) is 0.280. The minimum Gasteiger partial charge on any atom is -0.456 e. The summed E-state index contributed by atoms with van der Waals surface area (Å²) in [6.45, 7) is 1.07. The van der Waals surface area contributed by atoms with Crippen LogP contribution >= 0.6 is 11.6 Å². The molecule has 3 rings (SSSR count). The van der Waals surface area contributed by atoms with Gasteiger partial charge in [0.25, 0.3) is 0 Å². The topological polar surface area (TPSA) is 58.6 Å². The van der Waals surface area contributed by atoms with Crippen LogP contribution in [0.3, 0.4) is 0 Å². The molecule has 1 aliphatic rings. The zero-order valence-electron chi connectivity index (χ0n) is 14.0. The molecule has 2 aromatic carbocycles. The molecule has 0 unspecified atom stereocenters. The number of rotatable bonds is 5. The maximum atomic E-state index is 12.7. The van der Waals surface area contributed by atoms with E-state index in [0.29, 0.717) is 35.7 Å². The van der Waals surface area contributed by atoms with Crippen LogP contribution in [0.15, 0.2) is 53.4 Å². The molecule has 0 radical (unpaired) electrons. The molecule has 0 bridgehead atoms. The molecule has 0 aromatic heterocycles.